The molecule has 1 heterocycles. The Morgan fingerprint density at radius 3 is 2.81 bits per heavy atom. The number of pyridine rings is 1. The van der Waals surface area contributed by atoms with Crippen LogP contribution in [0, 0.1) is 5.82 Å². The highest BCUT2D eigenvalue weighted by Crippen LogP contribution is 2.26. The fourth-order valence-electron chi connectivity index (χ4n) is 1.26. The van der Waals surface area contributed by atoms with Crippen LogP contribution < -0.4 is 11.1 Å². The molecular formula is C11H9ClFN3. The summed E-state index contributed by atoms with van der Waals surface area (Å²) in [5, 5.41) is 3.31. The van der Waals surface area contributed by atoms with Crippen molar-refractivity contribution in [2.24, 2.45) is 0 Å². The molecule has 1 aromatic heterocycles. The summed E-state index contributed by atoms with van der Waals surface area (Å²) in [4.78, 5) is 3.84. The fraction of sp³-hybridized carbons (Fsp3) is 0. The van der Waals surface area contributed by atoms with Crippen LogP contribution in [0.4, 0.5) is 21.5 Å². The van der Waals surface area contributed by atoms with E-state index in [4.69, 9.17) is 17.3 Å². The molecule has 0 radical (unpaired) electrons. The number of halogens is 2. The standard InChI is InChI=1S/C11H9ClFN3/c12-7-1-2-8(13)11(5-7)16-10-3-4-15-6-9(10)14/h1-6H,14H2,(H,15,16). The van der Waals surface area contributed by atoms with Gasteiger partial charge in [-0.1, -0.05) is 11.6 Å². The third-order valence-electron chi connectivity index (χ3n) is 2.05. The predicted molar refractivity (Wildman–Crippen MR) is 63.3 cm³/mol. The largest absolute Gasteiger partial charge is 0.396 e. The van der Waals surface area contributed by atoms with Gasteiger partial charge >= 0.3 is 0 Å². The van der Waals surface area contributed by atoms with Crippen molar-refractivity contribution in [3.8, 4) is 0 Å². The van der Waals surface area contributed by atoms with Crippen LogP contribution in [0.3, 0.4) is 0 Å². The first-order valence-electron chi connectivity index (χ1n) is 4.58. The SMILES string of the molecule is Nc1cnccc1Nc1cc(Cl)ccc1F. The van der Waals surface area contributed by atoms with Gasteiger partial charge in [-0.2, -0.15) is 0 Å². The first kappa shape index (κ1) is 10.7. The van der Waals surface area contributed by atoms with Gasteiger partial charge in [0, 0.05) is 11.2 Å². The molecule has 16 heavy (non-hydrogen) atoms. The Bertz CT molecular complexity index is 516. The minimum absolute atomic E-state index is 0.283. The van der Waals surface area contributed by atoms with E-state index in [0.29, 0.717) is 16.4 Å². The molecule has 0 saturated carbocycles. The van der Waals surface area contributed by atoms with E-state index in [2.05, 4.69) is 10.3 Å². The molecule has 3 N–H and O–H groups in total. The number of nitrogens with two attached hydrogens (primary N) is 1. The number of benzene rings is 1. The van der Waals surface area contributed by atoms with E-state index in [1.54, 1.807) is 12.3 Å². The molecule has 2 aromatic rings. The minimum atomic E-state index is -0.388. The van der Waals surface area contributed by atoms with Gasteiger partial charge in [-0.05, 0) is 24.3 Å². The second-order valence-electron chi connectivity index (χ2n) is 3.21. The lowest BCUT2D eigenvalue weighted by atomic mass is 10.2. The summed E-state index contributed by atoms with van der Waals surface area (Å²) < 4.78 is 13.4. The van der Waals surface area contributed by atoms with Crippen molar-refractivity contribution in [2.45, 2.75) is 0 Å². The fourth-order valence-corrected chi connectivity index (χ4v) is 1.43. The molecule has 0 aliphatic carbocycles. The Hall–Kier alpha value is -1.81. The molecule has 0 amide bonds. The van der Waals surface area contributed by atoms with Crippen molar-refractivity contribution in [1.82, 2.24) is 4.98 Å². The lowest BCUT2D eigenvalue weighted by molar-refractivity contribution is 0.632. The van der Waals surface area contributed by atoms with Crippen LogP contribution >= 0.6 is 11.6 Å². The summed E-state index contributed by atoms with van der Waals surface area (Å²) in [5.74, 6) is -0.388. The number of rotatable bonds is 2. The van der Waals surface area contributed by atoms with Gasteiger partial charge in [-0.15, -0.1) is 0 Å². The van der Waals surface area contributed by atoms with Crippen LogP contribution in [-0.2, 0) is 0 Å². The highest BCUT2D eigenvalue weighted by atomic mass is 35.5. The predicted octanol–water partition coefficient (Wildman–Crippen LogP) is 3.20. The summed E-state index contributed by atoms with van der Waals surface area (Å²) >= 11 is 5.77. The zero-order valence-corrected chi connectivity index (χ0v) is 9.00. The number of anilines is 3. The van der Waals surface area contributed by atoms with Gasteiger partial charge in [-0.25, -0.2) is 4.39 Å². The van der Waals surface area contributed by atoms with Gasteiger partial charge in [0.15, 0.2) is 0 Å². The average molecular weight is 238 g/mol. The normalized spacial score (nSPS) is 10.1. The Morgan fingerprint density at radius 1 is 1.25 bits per heavy atom. The lowest BCUT2D eigenvalue weighted by Gasteiger charge is -2.09. The molecule has 0 unspecified atom stereocenters. The third-order valence-corrected chi connectivity index (χ3v) is 2.28. The van der Waals surface area contributed by atoms with Crippen LogP contribution in [0.1, 0.15) is 0 Å². The molecule has 0 aliphatic heterocycles. The maximum absolute atomic E-state index is 13.4. The Balaban J connectivity index is 2.34. The summed E-state index contributed by atoms with van der Waals surface area (Å²) in [6, 6.07) is 5.94. The van der Waals surface area contributed by atoms with Gasteiger partial charge < -0.3 is 11.1 Å². The molecule has 0 atom stereocenters. The van der Waals surface area contributed by atoms with Crippen molar-refractivity contribution < 1.29 is 4.39 Å². The second-order valence-corrected chi connectivity index (χ2v) is 3.65. The van der Waals surface area contributed by atoms with Crippen molar-refractivity contribution in [3.63, 3.8) is 0 Å². The number of aromatic nitrogens is 1. The lowest BCUT2D eigenvalue weighted by Crippen LogP contribution is -1.98. The van der Waals surface area contributed by atoms with E-state index in [0.717, 1.165) is 0 Å². The van der Waals surface area contributed by atoms with E-state index in [-0.39, 0.29) is 11.5 Å². The maximum Gasteiger partial charge on any atom is 0.146 e. The quantitative estimate of drug-likeness (QED) is 0.843. The molecule has 0 saturated heterocycles. The van der Waals surface area contributed by atoms with Crippen molar-refractivity contribution in [1.29, 1.82) is 0 Å². The smallest absolute Gasteiger partial charge is 0.146 e. The van der Waals surface area contributed by atoms with E-state index in [1.165, 1.54) is 24.4 Å². The molecule has 5 heteroatoms. The summed E-state index contributed by atoms with van der Waals surface area (Å²) in [5.41, 5.74) is 7.00. The van der Waals surface area contributed by atoms with E-state index in [9.17, 15) is 4.39 Å². The molecule has 2 rings (SSSR count). The highest BCUT2D eigenvalue weighted by molar-refractivity contribution is 6.30. The zero-order chi connectivity index (χ0) is 11.5. The second kappa shape index (κ2) is 4.37. The minimum Gasteiger partial charge on any atom is -0.396 e. The number of nitrogens with zero attached hydrogens (tertiary/aromatic N) is 1. The molecule has 0 spiro atoms. The van der Waals surface area contributed by atoms with Gasteiger partial charge in [0.1, 0.15) is 5.82 Å². The highest BCUT2D eigenvalue weighted by Gasteiger charge is 2.05. The average Bonchev–Trinajstić information content (AvgIpc) is 2.27. The van der Waals surface area contributed by atoms with Crippen LogP contribution in [0.5, 0.6) is 0 Å². The maximum atomic E-state index is 13.4. The van der Waals surface area contributed by atoms with Crippen LogP contribution in [0.25, 0.3) is 0 Å². The molecular weight excluding hydrogens is 229 g/mol. The van der Waals surface area contributed by atoms with Gasteiger partial charge in [-0.3, -0.25) is 4.98 Å². The zero-order valence-electron chi connectivity index (χ0n) is 8.24. The van der Waals surface area contributed by atoms with Crippen molar-refractivity contribution in [3.05, 3.63) is 47.5 Å². The summed E-state index contributed by atoms with van der Waals surface area (Å²) in [6.45, 7) is 0. The van der Waals surface area contributed by atoms with Crippen LogP contribution in [-0.4, -0.2) is 4.98 Å². The van der Waals surface area contributed by atoms with Crippen molar-refractivity contribution in [2.75, 3.05) is 11.1 Å². The molecule has 0 aliphatic rings. The van der Waals surface area contributed by atoms with E-state index < -0.39 is 0 Å². The molecule has 82 valence electrons. The first-order chi connectivity index (χ1) is 7.66. The Labute approximate surface area is 97.1 Å². The number of hydrogen-bond donors (Lipinski definition) is 2. The molecule has 0 bridgehead atoms. The first-order valence-corrected chi connectivity index (χ1v) is 4.96. The molecule has 3 nitrogen and oxygen atoms in total. The Kier molecular flexibility index (Phi) is 2.92. The topological polar surface area (TPSA) is 50.9 Å². The number of nitrogens with one attached hydrogen (secondary N) is 1. The van der Waals surface area contributed by atoms with Crippen LogP contribution in [0.15, 0.2) is 36.7 Å². The van der Waals surface area contributed by atoms with Gasteiger partial charge in [0.05, 0.1) is 23.3 Å². The van der Waals surface area contributed by atoms with E-state index >= 15 is 0 Å². The molecule has 1 aromatic carbocycles. The van der Waals surface area contributed by atoms with Crippen LogP contribution in [0.2, 0.25) is 5.02 Å². The third kappa shape index (κ3) is 2.23. The number of hydrogen-bond acceptors (Lipinski definition) is 3. The summed E-state index contributed by atoms with van der Waals surface area (Å²) in [6.07, 6.45) is 3.06. The monoisotopic (exact) mass is 237 g/mol. The Morgan fingerprint density at radius 2 is 2.06 bits per heavy atom. The van der Waals surface area contributed by atoms with Gasteiger partial charge in [0.2, 0.25) is 0 Å². The van der Waals surface area contributed by atoms with E-state index in [1.807, 2.05) is 0 Å². The van der Waals surface area contributed by atoms with Crippen molar-refractivity contribution >= 4 is 28.7 Å². The van der Waals surface area contributed by atoms with Gasteiger partial charge in [0.25, 0.3) is 0 Å². The number of nitrogen functional groups attached to an aromatic ring is 1. The summed E-state index contributed by atoms with van der Waals surface area (Å²) in [7, 11) is 0. The molecule has 0 fully saturated rings.